The minimum Gasteiger partial charge on any atom is -0.494 e. The maximum atomic E-state index is 12.5. The van der Waals surface area contributed by atoms with Gasteiger partial charge in [0, 0.05) is 43.5 Å². The summed E-state index contributed by atoms with van der Waals surface area (Å²) in [6.45, 7) is 4.54. The van der Waals surface area contributed by atoms with Gasteiger partial charge >= 0.3 is 0 Å². The van der Waals surface area contributed by atoms with Gasteiger partial charge in [0.15, 0.2) is 0 Å². The van der Waals surface area contributed by atoms with Gasteiger partial charge in [0.2, 0.25) is 5.95 Å². The second kappa shape index (κ2) is 9.58. The number of benzene rings is 1. The van der Waals surface area contributed by atoms with Crippen LogP contribution in [0.3, 0.4) is 0 Å². The Kier molecular flexibility index (Phi) is 6.90. The third kappa shape index (κ3) is 5.82. The van der Waals surface area contributed by atoms with Crippen LogP contribution in [0.1, 0.15) is 48.7 Å². The Morgan fingerprint density at radius 3 is 2.38 bits per heavy atom. The Labute approximate surface area is 172 Å². The van der Waals surface area contributed by atoms with Gasteiger partial charge in [-0.3, -0.25) is 4.79 Å². The quantitative estimate of drug-likeness (QED) is 0.745. The van der Waals surface area contributed by atoms with E-state index in [0.717, 1.165) is 42.9 Å². The highest BCUT2D eigenvalue weighted by molar-refractivity contribution is 5.94. The van der Waals surface area contributed by atoms with Crippen LogP contribution in [-0.2, 0) is 0 Å². The second-order valence-corrected chi connectivity index (χ2v) is 7.71. The maximum absolute atomic E-state index is 12.5. The van der Waals surface area contributed by atoms with Crippen molar-refractivity contribution in [2.24, 2.45) is 0 Å². The Morgan fingerprint density at radius 1 is 1.10 bits per heavy atom. The average Bonchev–Trinajstić information content (AvgIpc) is 2.70. The van der Waals surface area contributed by atoms with Gasteiger partial charge in [-0.2, -0.15) is 4.98 Å². The van der Waals surface area contributed by atoms with E-state index >= 15 is 0 Å². The first-order chi connectivity index (χ1) is 13.9. The highest BCUT2D eigenvalue weighted by Crippen LogP contribution is 2.23. The molecule has 1 amide bonds. The van der Waals surface area contributed by atoms with Crippen molar-refractivity contribution in [2.45, 2.75) is 51.6 Å². The third-order valence-corrected chi connectivity index (χ3v) is 5.12. The molecular formula is C22H31N5O2. The van der Waals surface area contributed by atoms with E-state index in [-0.39, 0.29) is 11.9 Å². The molecule has 0 spiro atoms. The first-order valence-electron chi connectivity index (χ1n) is 10.3. The summed E-state index contributed by atoms with van der Waals surface area (Å²) in [6.07, 6.45) is 3.82. The van der Waals surface area contributed by atoms with Gasteiger partial charge in [-0.05, 0) is 63.8 Å². The molecule has 1 saturated carbocycles. The molecule has 0 saturated heterocycles. The number of rotatable bonds is 7. The van der Waals surface area contributed by atoms with Crippen LogP contribution in [0.4, 0.5) is 11.8 Å². The van der Waals surface area contributed by atoms with Gasteiger partial charge < -0.3 is 20.3 Å². The molecule has 1 aliphatic rings. The first-order valence-corrected chi connectivity index (χ1v) is 10.3. The lowest BCUT2D eigenvalue weighted by atomic mass is 9.91. The van der Waals surface area contributed by atoms with E-state index in [1.807, 2.05) is 63.2 Å². The monoisotopic (exact) mass is 397 g/mol. The average molecular weight is 398 g/mol. The fraction of sp³-hybridized carbons (Fsp3) is 0.500. The largest absolute Gasteiger partial charge is 0.494 e. The fourth-order valence-corrected chi connectivity index (χ4v) is 3.55. The van der Waals surface area contributed by atoms with E-state index in [4.69, 9.17) is 4.74 Å². The Balaban J connectivity index is 1.49. The molecule has 1 aromatic carbocycles. The minimum atomic E-state index is -0.0258. The molecular weight excluding hydrogens is 366 g/mol. The molecule has 29 heavy (non-hydrogen) atoms. The maximum Gasteiger partial charge on any atom is 0.251 e. The molecule has 0 radical (unpaired) electrons. The highest BCUT2D eigenvalue weighted by Gasteiger charge is 2.23. The van der Waals surface area contributed by atoms with Crippen molar-refractivity contribution < 1.29 is 9.53 Å². The van der Waals surface area contributed by atoms with Crippen molar-refractivity contribution in [2.75, 3.05) is 30.9 Å². The standard InChI is InChI=1S/C22H31N5O2/c1-5-29-19-12-6-16(7-13-19)21(28)24-17-8-10-18(11-9-17)25-22-23-15(2)14-20(26-22)27(3)4/h6-7,12-14,17-18H,5,8-11H2,1-4H3,(H,24,28)(H,23,25,26). The number of carbonyl (C=O) groups excluding carboxylic acids is 1. The predicted octanol–water partition coefficient (Wildman–Crippen LogP) is 3.40. The highest BCUT2D eigenvalue weighted by atomic mass is 16.5. The normalized spacial score (nSPS) is 18.8. The molecule has 156 valence electrons. The Bertz CT molecular complexity index is 814. The number of carbonyl (C=O) groups is 1. The molecule has 1 fully saturated rings. The summed E-state index contributed by atoms with van der Waals surface area (Å²) in [5.41, 5.74) is 1.61. The van der Waals surface area contributed by atoms with Crippen LogP contribution >= 0.6 is 0 Å². The van der Waals surface area contributed by atoms with Crippen LogP contribution in [-0.4, -0.2) is 48.7 Å². The number of ether oxygens (including phenoxy) is 1. The topological polar surface area (TPSA) is 79.4 Å². The first kappa shape index (κ1) is 20.9. The van der Waals surface area contributed by atoms with Crippen LogP contribution in [0.2, 0.25) is 0 Å². The molecule has 2 aromatic rings. The zero-order valence-corrected chi connectivity index (χ0v) is 17.7. The SMILES string of the molecule is CCOc1ccc(C(=O)NC2CCC(Nc3nc(C)cc(N(C)C)n3)CC2)cc1. The van der Waals surface area contributed by atoms with E-state index in [9.17, 15) is 4.79 Å². The lowest BCUT2D eigenvalue weighted by molar-refractivity contribution is 0.0926. The van der Waals surface area contributed by atoms with E-state index in [1.54, 1.807) is 0 Å². The number of amides is 1. The van der Waals surface area contributed by atoms with Gasteiger partial charge in [0.25, 0.3) is 5.91 Å². The van der Waals surface area contributed by atoms with Crippen LogP contribution in [0, 0.1) is 6.92 Å². The molecule has 0 bridgehead atoms. The molecule has 0 unspecified atom stereocenters. The molecule has 2 N–H and O–H groups in total. The number of anilines is 2. The van der Waals surface area contributed by atoms with Crippen molar-refractivity contribution in [3.05, 3.63) is 41.6 Å². The molecule has 0 atom stereocenters. The van der Waals surface area contributed by atoms with Crippen LogP contribution in [0.15, 0.2) is 30.3 Å². The van der Waals surface area contributed by atoms with E-state index in [1.165, 1.54) is 0 Å². The van der Waals surface area contributed by atoms with Crippen LogP contribution in [0.25, 0.3) is 0 Å². The van der Waals surface area contributed by atoms with Crippen molar-refractivity contribution >= 4 is 17.7 Å². The Morgan fingerprint density at radius 2 is 1.76 bits per heavy atom. The molecule has 7 nitrogen and oxygen atoms in total. The zero-order chi connectivity index (χ0) is 20.8. The molecule has 0 aliphatic heterocycles. The second-order valence-electron chi connectivity index (χ2n) is 7.71. The van der Waals surface area contributed by atoms with Gasteiger partial charge in [0.1, 0.15) is 11.6 Å². The summed E-state index contributed by atoms with van der Waals surface area (Å²) in [5, 5.41) is 6.62. The van der Waals surface area contributed by atoms with Gasteiger partial charge in [-0.25, -0.2) is 4.98 Å². The van der Waals surface area contributed by atoms with Crippen LogP contribution in [0.5, 0.6) is 5.75 Å². The molecule has 1 heterocycles. The number of nitrogens with zero attached hydrogens (tertiary/aromatic N) is 3. The van der Waals surface area contributed by atoms with Gasteiger partial charge in [-0.1, -0.05) is 0 Å². The zero-order valence-electron chi connectivity index (χ0n) is 17.7. The summed E-state index contributed by atoms with van der Waals surface area (Å²) < 4.78 is 5.43. The van der Waals surface area contributed by atoms with Gasteiger partial charge in [0.05, 0.1) is 6.61 Å². The van der Waals surface area contributed by atoms with E-state index < -0.39 is 0 Å². The number of hydrogen-bond donors (Lipinski definition) is 2. The van der Waals surface area contributed by atoms with Crippen LogP contribution < -0.4 is 20.3 Å². The molecule has 1 aliphatic carbocycles. The summed E-state index contributed by atoms with van der Waals surface area (Å²) in [5.74, 6) is 2.33. The number of aryl methyl sites for hydroxylation is 1. The Hall–Kier alpha value is -2.83. The molecule has 7 heteroatoms. The summed E-state index contributed by atoms with van der Waals surface area (Å²) in [4.78, 5) is 23.6. The molecule has 1 aromatic heterocycles. The summed E-state index contributed by atoms with van der Waals surface area (Å²) >= 11 is 0. The van der Waals surface area contributed by atoms with Crippen molar-refractivity contribution in [3.63, 3.8) is 0 Å². The minimum absolute atomic E-state index is 0.0258. The predicted molar refractivity (Wildman–Crippen MR) is 116 cm³/mol. The van der Waals surface area contributed by atoms with E-state index in [2.05, 4.69) is 20.6 Å². The van der Waals surface area contributed by atoms with Gasteiger partial charge in [-0.15, -0.1) is 0 Å². The third-order valence-electron chi connectivity index (χ3n) is 5.12. The lowest BCUT2D eigenvalue weighted by Gasteiger charge is -2.30. The lowest BCUT2D eigenvalue weighted by Crippen LogP contribution is -2.40. The number of nitrogens with one attached hydrogen (secondary N) is 2. The van der Waals surface area contributed by atoms with Crippen molar-refractivity contribution in [1.29, 1.82) is 0 Å². The van der Waals surface area contributed by atoms with Crippen molar-refractivity contribution in [3.8, 4) is 5.75 Å². The summed E-state index contributed by atoms with van der Waals surface area (Å²) in [7, 11) is 3.95. The number of hydrogen-bond acceptors (Lipinski definition) is 6. The molecule has 3 rings (SSSR count). The van der Waals surface area contributed by atoms with E-state index in [0.29, 0.717) is 24.2 Å². The fourth-order valence-electron chi connectivity index (χ4n) is 3.55. The smallest absolute Gasteiger partial charge is 0.251 e. The summed E-state index contributed by atoms with van der Waals surface area (Å²) in [6, 6.07) is 9.79. The number of aromatic nitrogens is 2. The van der Waals surface area contributed by atoms with Crippen molar-refractivity contribution in [1.82, 2.24) is 15.3 Å².